The van der Waals surface area contributed by atoms with E-state index in [-0.39, 0.29) is 29.5 Å². The van der Waals surface area contributed by atoms with Gasteiger partial charge in [0.15, 0.2) is 18.2 Å². The van der Waals surface area contributed by atoms with Gasteiger partial charge in [-0.15, -0.1) is 5.92 Å². The van der Waals surface area contributed by atoms with Crippen molar-refractivity contribution < 1.29 is 23.9 Å². The van der Waals surface area contributed by atoms with Crippen LogP contribution in [0.3, 0.4) is 0 Å². The van der Waals surface area contributed by atoms with Gasteiger partial charge in [0, 0.05) is 38.0 Å². The van der Waals surface area contributed by atoms with E-state index in [1.165, 1.54) is 34.9 Å². The highest BCUT2D eigenvalue weighted by atomic mass is 16.5. The fourth-order valence-electron chi connectivity index (χ4n) is 8.96. The lowest BCUT2D eigenvalue weighted by Crippen LogP contribution is -2.51. The fourth-order valence-corrected chi connectivity index (χ4v) is 8.96. The molecule has 216 valence electrons. The van der Waals surface area contributed by atoms with E-state index in [9.17, 15) is 14.4 Å². The number of Topliss-reactive ketones (excluding diaryl/α,β-unsaturated/α-hetero) is 1. The van der Waals surface area contributed by atoms with Gasteiger partial charge in [-0.05, 0) is 97.6 Å². The summed E-state index contributed by atoms with van der Waals surface area (Å²) in [6.45, 7) is 8.51. The second kappa shape index (κ2) is 10.9. The minimum absolute atomic E-state index is 0.0655. The van der Waals surface area contributed by atoms with Crippen LogP contribution in [0.4, 0.5) is 5.69 Å². The molecule has 0 spiro atoms. The van der Waals surface area contributed by atoms with Gasteiger partial charge in [0.05, 0.1) is 18.6 Å². The Bertz CT molecular complexity index is 1370. The molecule has 2 saturated carbocycles. The Kier molecular flexibility index (Phi) is 7.44. The van der Waals surface area contributed by atoms with E-state index in [1.54, 1.807) is 0 Å². The largest absolute Gasteiger partial charge is 0.458 e. The number of ether oxygens (including phenoxy) is 2. The number of allylic oxidation sites excluding steroid dienone is 4. The van der Waals surface area contributed by atoms with Crippen molar-refractivity contribution in [1.82, 2.24) is 0 Å². The molecular weight excluding hydrogens is 514 g/mol. The number of anilines is 1. The standard InChI is InChI=1S/C35H41NO5/c1-4-14-35(32(39)22-41-23(2)37)15-13-31-29-11-7-25-20-27(38)10-12-28(25)33(29)30(21-34(31,35)3)24-5-8-26(9-6-24)36-16-18-40-19-17-36/h5-6,8-9,20,29-31H,7,10-13,15-19,21-22H2,1-3H3/t29-,30+,31-,34-,35+/m0/s1. The Balaban J connectivity index is 1.45. The number of hydrogen-bond acceptors (Lipinski definition) is 6. The molecule has 0 N–H and O–H groups in total. The first-order valence-corrected chi connectivity index (χ1v) is 15.3. The van der Waals surface area contributed by atoms with Crippen LogP contribution in [-0.2, 0) is 23.9 Å². The van der Waals surface area contributed by atoms with Crippen molar-refractivity contribution in [3.63, 3.8) is 0 Å². The molecule has 5 atom stereocenters. The zero-order valence-electron chi connectivity index (χ0n) is 24.6. The molecule has 1 heterocycles. The normalized spacial score (nSPS) is 32.7. The van der Waals surface area contributed by atoms with Gasteiger partial charge in [-0.3, -0.25) is 14.4 Å². The molecule has 0 radical (unpaired) electrons. The van der Waals surface area contributed by atoms with Gasteiger partial charge < -0.3 is 14.4 Å². The molecule has 0 amide bonds. The van der Waals surface area contributed by atoms with Gasteiger partial charge in [0.2, 0.25) is 0 Å². The molecule has 0 aromatic heterocycles. The molecule has 1 aliphatic heterocycles. The van der Waals surface area contributed by atoms with Crippen molar-refractivity contribution in [2.75, 3.05) is 37.8 Å². The minimum atomic E-state index is -0.845. The average molecular weight is 556 g/mol. The third-order valence-electron chi connectivity index (χ3n) is 10.8. The quantitative estimate of drug-likeness (QED) is 0.350. The number of morpholine rings is 1. The smallest absolute Gasteiger partial charge is 0.303 e. The summed E-state index contributed by atoms with van der Waals surface area (Å²) in [5.41, 5.74) is 5.41. The summed E-state index contributed by atoms with van der Waals surface area (Å²) >= 11 is 0. The molecule has 1 aromatic carbocycles. The van der Waals surface area contributed by atoms with Crippen molar-refractivity contribution >= 4 is 23.2 Å². The van der Waals surface area contributed by atoms with E-state index in [2.05, 4.69) is 47.9 Å². The SMILES string of the molecule is CC#C[C@]1(C(=O)COC(C)=O)CC[C@H]2[C@@H]3CCC4=CC(=O)CCC4=C3[C@@H](c3ccc(N4CCOCC4)cc3)C[C@@]21C. The van der Waals surface area contributed by atoms with Crippen LogP contribution in [0.15, 0.2) is 47.1 Å². The number of nitrogens with zero attached hydrogens (tertiary/aromatic N) is 1. The number of carbonyl (C=O) groups excluding carboxylic acids is 3. The van der Waals surface area contributed by atoms with Crippen LogP contribution in [0, 0.1) is 34.5 Å². The van der Waals surface area contributed by atoms with E-state index in [0.717, 1.165) is 58.4 Å². The van der Waals surface area contributed by atoms with Crippen molar-refractivity contribution in [1.29, 1.82) is 0 Å². The Morgan fingerprint density at radius 3 is 2.56 bits per heavy atom. The first-order valence-electron chi connectivity index (χ1n) is 15.3. The summed E-state index contributed by atoms with van der Waals surface area (Å²) in [6.07, 6.45) is 7.63. The van der Waals surface area contributed by atoms with Gasteiger partial charge in [0.25, 0.3) is 0 Å². The number of carbonyl (C=O) groups is 3. The predicted molar refractivity (Wildman–Crippen MR) is 157 cm³/mol. The third kappa shape index (κ3) is 4.67. The van der Waals surface area contributed by atoms with Crippen molar-refractivity contribution in [2.24, 2.45) is 22.7 Å². The van der Waals surface area contributed by atoms with Crippen LogP contribution < -0.4 is 4.90 Å². The van der Waals surface area contributed by atoms with Gasteiger partial charge in [-0.25, -0.2) is 0 Å². The van der Waals surface area contributed by atoms with E-state index in [1.807, 2.05) is 13.0 Å². The molecule has 5 aliphatic rings. The molecule has 6 rings (SSSR count). The summed E-state index contributed by atoms with van der Waals surface area (Å²) < 4.78 is 10.8. The maximum absolute atomic E-state index is 14.0. The lowest BCUT2D eigenvalue weighted by molar-refractivity contribution is -0.150. The molecule has 6 nitrogen and oxygen atoms in total. The molecule has 0 bridgehead atoms. The zero-order chi connectivity index (χ0) is 28.8. The molecule has 41 heavy (non-hydrogen) atoms. The first kappa shape index (κ1) is 28.0. The molecule has 3 fully saturated rings. The summed E-state index contributed by atoms with van der Waals surface area (Å²) in [6, 6.07) is 9.02. The molecule has 1 saturated heterocycles. The second-order valence-corrected chi connectivity index (χ2v) is 12.7. The lowest BCUT2D eigenvalue weighted by atomic mass is 9.48. The van der Waals surface area contributed by atoms with Gasteiger partial charge in [0.1, 0.15) is 0 Å². The fraction of sp³-hybridized carbons (Fsp3) is 0.571. The van der Waals surface area contributed by atoms with Crippen LogP contribution >= 0.6 is 0 Å². The molecule has 6 heteroatoms. The second-order valence-electron chi connectivity index (χ2n) is 12.7. The zero-order valence-corrected chi connectivity index (χ0v) is 24.6. The number of hydrogen-bond donors (Lipinski definition) is 0. The lowest BCUT2D eigenvalue weighted by Gasteiger charge is -2.54. The minimum Gasteiger partial charge on any atom is -0.458 e. The molecular formula is C35H41NO5. The van der Waals surface area contributed by atoms with Crippen LogP contribution in [0.25, 0.3) is 0 Å². The van der Waals surface area contributed by atoms with Crippen LogP contribution in [0.1, 0.15) is 77.2 Å². The molecule has 0 unspecified atom stereocenters. The third-order valence-corrected chi connectivity index (χ3v) is 10.8. The van der Waals surface area contributed by atoms with Crippen LogP contribution in [0.2, 0.25) is 0 Å². The van der Waals surface area contributed by atoms with E-state index in [0.29, 0.717) is 24.7 Å². The monoisotopic (exact) mass is 555 g/mol. The number of ketones is 2. The van der Waals surface area contributed by atoms with Crippen LogP contribution in [-0.4, -0.2) is 50.4 Å². The van der Waals surface area contributed by atoms with Crippen molar-refractivity contribution in [3.8, 4) is 11.8 Å². The highest BCUT2D eigenvalue weighted by Crippen LogP contribution is 2.69. The number of rotatable bonds is 5. The summed E-state index contributed by atoms with van der Waals surface area (Å²) in [4.78, 5) is 40.4. The van der Waals surface area contributed by atoms with Crippen molar-refractivity contribution in [3.05, 3.63) is 52.6 Å². The molecule has 4 aliphatic carbocycles. The highest BCUT2D eigenvalue weighted by molar-refractivity contribution is 5.93. The maximum atomic E-state index is 14.0. The van der Waals surface area contributed by atoms with Gasteiger partial charge in [-0.1, -0.05) is 30.6 Å². The predicted octanol–water partition coefficient (Wildman–Crippen LogP) is 5.56. The summed E-state index contributed by atoms with van der Waals surface area (Å²) in [5.74, 6) is 7.07. The van der Waals surface area contributed by atoms with Crippen LogP contribution in [0.5, 0.6) is 0 Å². The van der Waals surface area contributed by atoms with Gasteiger partial charge in [-0.2, -0.15) is 0 Å². The summed E-state index contributed by atoms with van der Waals surface area (Å²) in [5, 5.41) is 0. The highest BCUT2D eigenvalue weighted by Gasteiger charge is 2.65. The number of esters is 1. The Labute approximate surface area is 243 Å². The Morgan fingerprint density at radius 1 is 1.10 bits per heavy atom. The topological polar surface area (TPSA) is 72.9 Å². The first-order chi connectivity index (χ1) is 19.8. The average Bonchev–Trinajstić information content (AvgIpc) is 3.28. The van der Waals surface area contributed by atoms with E-state index < -0.39 is 11.4 Å². The van der Waals surface area contributed by atoms with Gasteiger partial charge >= 0.3 is 5.97 Å². The maximum Gasteiger partial charge on any atom is 0.303 e. The van der Waals surface area contributed by atoms with E-state index >= 15 is 0 Å². The van der Waals surface area contributed by atoms with Crippen molar-refractivity contribution in [2.45, 2.75) is 71.6 Å². The Hall–Kier alpha value is -3.17. The number of benzene rings is 1. The molecule has 1 aromatic rings. The Morgan fingerprint density at radius 2 is 1.85 bits per heavy atom. The van der Waals surface area contributed by atoms with E-state index in [4.69, 9.17) is 9.47 Å². The summed E-state index contributed by atoms with van der Waals surface area (Å²) in [7, 11) is 0. The number of fused-ring (bicyclic) bond motifs is 4.